The maximum absolute atomic E-state index is 12.7. The van der Waals surface area contributed by atoms with Gasteiger partial charge in [0, 0.05) is 6.54 Å². The lowest BCUT2D eigenvalue weighted by atomic mass is 10.2. The van der Waals surface area contributed by atoms with Crippen LogP contribution in [0.5, 0.6) is 5.75 Å². The molecule has 1 fully saturated rings. The van der Waals surface area contributed by atoms with Crippen LogP contribution in [0.25, 0.3) is 10.9 Å². The molecule has 1 saturated heterocycles. The molecule has 2 aromatic heterocycles. The van der Waals surface area contributed by atoms with Crippen molar-refractivity contribution in [3.05, 3.63) is 56.2 Å². The lowest BCUT2D eigenvalue weighted by Crippen LogP contribution is -2.35. The minimum atomic E-state index is -0.567. The topological polar surface area (TPSA) is 136 Å². The first-order valence-corrected chi connectivity index (χ1v) is 10.6. The predicted molar refractivity (Wildman–Crippen MR) is 119 cm³/mol. The van der Waals surface area contributed by atoms with Gasteiger partial charge < -0.3 is 19.8 Å². The molecule has 5 rings (SSSR count). The van der Waals surface area contributed by atoms with Crippen molar-refractivity contribution in [1.82, 2.24) is 14.5 Å². The van der Waals surface area contributed by atoms with Crippen molar-refractivity contribution in [2.75, 3.05) is 23.4 Å². The largest absolute Gasteiger partial charge is 0.480 e. The monoisotopic (exact) mass is 471 g/mol. The van der Waals surface area contributed by atoms with E-state index in [1.54, 1.807) is 30.3 Å². The highest BCUT2D eigenvalue weighted by Crippen LogP contribution is 2.30. The van der Waals surface area contributed by atoms with E-state index in [1.807, 2.05) is 0 Å². The number of pyridine rings is 1. The minimum Gasteiger partial charge on any atom is -0.480 e. The molecule has 0 saturated carbocycles. The number of amides is 2. The maximum atomic E-state index is 12.7. The van der Waals surface area contributed by atoms with Gasteiger partial charge in [-0.3, -0.25) is 19.1 Å². The average molecular weight is 472 g/mol. The van der Waals surface area contributed by atoms with Gasteiger partial charge >= 0.3 is 11.8 Å². The molecule has 2 aliphatic rings. The molecular formula is C21H18ClN5O6. The van der Waals surface area contributed by atoms with Crippen molar-refractivity contribution in [2.45, 2.75) is 25.5 Å². The Hall–Kier alpha value is -3.86. The molecule has 11 nitrogen and oxygen atoms in total. The normalized spacial score (nSPS) is 17.5. The number of hydrogen-bond donors (Lipinski definition) is 2. The molecule has 2 N–H and O–H groups in total. The van der Waals surface area contributed by atoms with Gasteiger partial charge in [-0.05, 0) is 37.1 Å². The summed E-state index contributed by atoms with van der Waals surface area (Å²) in [4.78, 5) is 57.3. The number of anilines is 2. The molecule has 0 spiro atoms. The summed E-state index contributed by atoms with van der Waals surface area (Å²) in [6.45, 7) is 0.301. The summed E-state index contributed by atoms with van der Waals surface area (Å²) in [5, 5.41) is 3.12. The number of nitrogens with zero attached hydrogens (tertiary/aromatic N) is 3. The van der Waals surface area contributed by atoms with Crippen LogP contribution in [0.2, 0.25) is 5.02 Å². The third-order valence-corrected chi connectivity index (χ3v) is 5.79. The van der Waals surface area contributed by atoms with E-state index < -0.39 is 23.4 Å². The van der Waals surface area contributed by atoms with Crippen molar-refractivity contribution in [2.24, 2.45) is 0 Å². The Morgan fingerprint density at radius 3 is 2.85 bits per heavy atom. The Balaban J connectivity index is 1.26. The van der Waals surface area contributed by atoms with Crippen molar-refractivity contribution in [1.29, 1.82) is 0 Å². The van der Waals surface area contributed by atoms with Crippen LogP contribution in [0, 0.1) is 0 Å². The number of cyclic esters (lactones) is 1. The number of benzene rings is 1. The molecule has 4 heterocycles. The van der Waals surface area contributed by atoms with Crippen LogP contribution in [0.15, 0.2) is 39.9 Å². The van der Waals surface area contributed by atoms with Gasteiger partial charge in [0.05, 0.1) is 22.5 Å². The minimum absolute atomic E-state index is 0.0861. The second-order valence-corrected chi connectivity index (χ2v) is 8.07. The summed E-state index contributed by atoms with van der Waals surface area (Å²) in [6.07, 6.45) is -0.158. The van der Waals surface area contributed by atoms with Gasteiger partial charge in [-0.2, -0.15) is 0 Å². The summed E-state index contributed by atoms with van der Waals surface area (Å²) >= 11 is 6.13. The summed E-state index contributed by atoms with van der Waals surface area (Å²) < 4.78 is 11.8. The van der Waals surface area contributed by atoms with Crippen LogP contribution in [0.1, 0.15) is 12.8 Å². The Kier molecular flexibility index (Phi) is 5.25. The van der Waals surface area contributed by atoms with E-state index in [-0.39, 0.29) is 41.8 Å². The fourth-order valence-corrected chi connectivity index (χ4v) is 4.15. The van der Waals surface area contributed by atoms with Crippen molar-refractivity contribution >= 4 is 46.1 Å². The van der Waals surface area contributed by atoms with Crippen LogP contribution in [0.4, 0.5) is 16.4 Å². The molecular weight excluding hydrogens is 454 g/mol. The second-order valence-electron chi connectivity index (χ2n) is 7.66. The SMILES string of the molecule is O=C1COc2ccc(N3CC(CCCn4c(=O)[nH]c5cccc(Cl)c5c4=O)OC3=O)nc2N1. The summed E-state index contributed by atoms with van der Waals surface area (Å²) in [6, 6.07) is 8.10. The number of nitrogens with one attached hydrogen (secondary N) is 2. The van der Waals surface area contributed by atoms with Gasteiger partial charge in [-0.25, -0.2) is 14.6 Å². The molecule has 1 atom stereocenters. The quantitative estimate of drug-likeness (QED) is 0.579. The molecule has 0 radical (unpaired) electrons. The van der Waals surface area contributed by atoms with Crippen LogP contribution in [-0.2, 0) is 16.1 Å². The number of ether oxygens (including phenoxy) is 2. The number of rotatable bonds is 5. The molecule has 1 aromatic carbocycles. The van der Waals surface area contributed by atoms with Gasteiger partial charge in [-0.15, -0.1) is 0 Å². The van der Waals surface area contributed by atoms with Gasteiger partial charge in [-0.1, -0.05) is 17.7 Å². The highest BCUT2D eigenvalue weighted by molar-refractivity contribution is 6.35. The molecule has 1 unspecified atom stereocenters. The average Bonchev–Trinajstić information content (AvgIpc) is 3.15. The summed E-state index contributed by atoms with van der Waals surface area (Å²) in [7, 11) is 0. The first-order chi connectivity index (χ1) is 15.9. The molecule has 33 heavy (non-hydrogen) atoms. The van der Waals surface area contributed by atoms with Gasteiger partial charge in [0.2, 0.25) is 0 Å². The number of aromatic amines is 1. The van der Waals surface area contributed by atoms with E-state index in [9.17, 15) is 19.2 Å². The number of H-pyrrole nitrogens is 1. The van der Waals surface area contributed by atoms with Crippen LogP contribution >= 0.6 is 11.6 Å². The number of fused-ring (bicyclic) bond motifs is 2. The van der Waals surface area contributed by atoms with Gasteiger partial charge in [0.15, 0.2) is 18.2 Å². The Labute approximate surface area is 190 Å². The maximum Gasteiger partial charge on any atom is 0.415 e. The van der Waals surface area contributed by atoms with Crippen molar-refractivity contribution < 1.29 is 19.1 Å². The number of carbonyl (C=O) groups excluding carboxylic acids is 2. The van der Waals surface area contributed by atoms with E-state index in [4.69, 9.17) is 21.1 Å². The first-order valence-electron chi connectivity index (χ1n) is 10.2. The highest BCUT2D eigenvalue weighted by Gasteiger charge is 2.33. The fourth-order valence-electron chi connectivity index (χ4n) is 3.90. The van der Waals surface area contributed by atoms with Gasteiger partial charge in [0.25, 0.3) is 11.5 Å². The zero-order chi connectivity index (χ0) is 23.1. The van der Waals surface area contributed by atoms with Gasteiger partial charge in [0.1, 0.15) is 11.9 Å². The third-order valence-electron chi connectivity index (χ3n) is 5.48. The van der Waals surface area contributed by atoms with Crippen molar-refractivity contribution in [3.8, 4) is 5.75 Å². The molecule has 12 heteroatoms. The highest BCUT2D eigenvalue weighted by atomic mass is 35.5. The Morgan fingerprint density at radius 1 is 1.15 bits per heavy atom. The number of halogens is 1. The molecule has 2 aliphatic heterocycles. The van der Waals surface area contributed by atoms with Crippen molar-refractivity contribution in [3.63, 3.8) is 0 Å². The predicted octanol–water partition coefficient (Wildman–Crippen LogP) is 1.87. The first kappa shape index (κ1) is 21.0. The molecule has 0 bridgehead atoms. The van der Waals surface area contributed by atoms with E-state index in [1.165, 1.54) is 4.90 Å². The van der Waals surface area contributed by atoms with Crippen LogP contribution in [-0.4, -0.2) is 45.8 Å². The lowest BCUT2D eigenvalue weighted by molar-refractivity contribution is -0.118. The molecule has 0 aliphatic carbocycles. The third kappa shape index (κ3) is 3.91. The molecule has 170 valence electrons. The van der Waals surface area contributed by atoms with E-state index >= 15 is 0 Å². The van der Waals surface area contributed by atoms with E-state index in [2.05, 4.69) is 15.3 Å². The number of carbonyl (C=O) groups is 2. The molecule has 2 amide bonds. The molecule has 3 aromatic rings. The standard InChI is InChI=1S/C21H18ClN5O6/c22-12-4-1-5-13-17(12)19(29)26(20(30)23-13)8-2-3-11-9-27(21(31)33-11)15-7-6-14-18(24-15)25-16(28)10-32-14/h1,4-7,11H,2-3,8-10H2,(H,23,30)(H,24,25,28). The fraction of sp³-hybridized carbons (Fsp3) is 0.286. The number of hydrogen-bond acceptors (Lipinski definition) is 7. The smallest absolute Gasteiger partial charge is 0.415 e. The second kappa shape index (κ2) is 8.24. The van der Waals surface area contributed by atoms with E-state index in [0.29, 0.717) is 29.9 Å². The summed E-state index contributed by atoms with van der Waals surface area (Å²) in [5.74, 6) is 0.667. The van der Waals surface area contributed by atoms with Crippen LogP contribution < -0.4 is 26.2 Å². The Morgan fingerprint density at radius 2 is 2.00 bits per heavy atom. The van der Waals surface area contributed by atoms with Crippen LogP contribution in [0.3, 0.4) is 0 Å². The lowest BCUT2D eigenvalue weighted by Gasteiger charge is -2.19. The zero-order valence-electron chi connectivity index (χ0n) is 17.2. The zero-order valence-corrected chi connectivity index (χ0v) is 17.9. The number of aromatic nitrogens is 3. The Bertz CT molecular complexity index is 1400. The summed E-state index contributed by atoms with van der Waals surface area (Å²) in [5.41, 5.74) is -0.609. The van der Waals surface area contributed by atoms with E-state index in [0.717, 1.165) is 4.57 Å².